The van der Waals surface area contributed by atoms with Gasteiger partial charge in [-0.25, -0.2) is 14.2 Å². The normalized spacial score (nSPS) is 12.6. The molecule has 10 nitrogen and oxygen atoms in total. The highest BCUT2D eigenvalue weighted by Crippen LogP contribution is 2.30. The first-order valence-corrected chi connectivity index (χ1v) is 11.4. The first-order valence-electron chi connectivity index (χ1n) is 11.4. The van der Waals surface area contributed by atoms with Crippen molar-refractivity contribution in [2.45, 2.75) is 52.3 Å². The molecular formula is C25H34FN5O5. The predicted octanol–water partition coefficient (Wildman–Crippen LogP) is 4.58. The van der Waals surface area contributed by atoms with E-state index in [0.717, 1.165) is 6.07 Å². The van der Waals surface area contributed by atoms with Gasteiger partial charge in [-0.1, -0.05) is 0 Å². The molecule has 0 saturated carbocycles. The Kier molecular flexibility index (Phi) is 10.1. The number of aromatic nitrogens is 1. The van der Waals surface area contributed by atoms with Crippen LogP contribution in [-0.2, 0) is 9.47 Å². The predicted molar refractivity (Wildman–Crippen MR) is 134 cm³/mol. The summed E-state index contributed by atoms with van der Waals surface area (Å²) in [7, 11) is 3.03. The minimum atomic E-state index is -0.730. The van der Waals surface area contributed by atoms with Gasteiger partial charge in [-0.2, -0.15) is 5.26 Å². The number of benzene rings is 1. The van der Waals surface area contributed by atoms with E-state index < -0.39 is 29.6 Å². The van der Waals surface area contributed by atoms with Gasteiger partial charge in [0, 0.05) is 30.5 Å². The van der Waals surface area contributed by atoms with Gasteiger partial charge in [-0.15, -0.1) is 0 Å². The second-order valence-corrected chi connectivity index (χ2v) is 8.90. The minimum Gasteiger partial charge on any atom is -0.497 e. The summed E-state index contributed by atoms with van der Waals surface area (Å²) in [5.74, 6) is 0.323. The maximum atomic E-state index is 14.9. The van der Waals surface area contributed by atoms with Crippen molar-refractivity contribution in [2.75, 3.05) is 38.1 Å². The Labute approximate surface area is 211 Å². The summed E-state index contributed by atoms with van der Waals surface area (Å²) in [5.41, 5.74) is -0.142. The maximum absolute atomic E-state index is 14.9. The van der Waals surface area contributed by atoms with Gasteiger partial charge in [0.15, 0.2) is 17.5 Å². The minimum absolute atomic E-state index is 0.00104. The van der Waals surface area contributed by atoms with Crippen LogP contribution in [0, 0.1) is 17.1 Å². The largest absolute Gasteiger partial charge is 0.497 e. The van der Waals surface area contributed by atoms with Gasteiger partial charge < -0.3 is 34.9 Å². The molecule has 1 aromatic carbocycles. The van der Waals surface area contributed by atoms with Crippen LogP contribution in [0.5, 0.6) is 11.5 Å². The van der Waals surface area contributed by atoms with Crippen LogP contribution in [0.1, 0.15) is 40.2 Å². The maximum Gasteiger partial charge on any atom is 0.407 e. The van der Waals surface area contributed by atoms with E-state index in [1.807, 2.05) is 13.0 Å². The SMILES string of the molecule is CCOC[C@@H](Nc1nc(Nc2cc(OC)cc(OC)c2)c(C#N)cc1F)[C@H](C)NC(=O)OC(C)(C)C. The van der Waals surface area contributed by atoms with Crippen molar-refractivity contribution < 1.29 is 28.1 Å². The first kappa shape index (κ1) is 28.5. The van der Waals surface area contributed by atoms with Crippen molar-refractivity contribution in [3.8, 4) is 17.6 Å². The van der Waals surface area contributed by atoms with Crippen molar-refractivity contribution in [1.29, 1.82) is 5.26 Å². The molecule has 0 aliphatic heterocycles. The smallest absolute Gasteiger partial charge is 0.407 e. The van der Waals surface area contributed by atoms with Crippen LogP contribution in [0.25, 0.3) is 0 Å². The summed E-state index contributed by atoms with van der Waals surface area (Å²) in [6.45, 7) is 9.42. The van der Waals surface area contributed by atoms with Crippen molar-refractivity contribution in [2.24, 2.45) is 0 Å². The fourth-order valence-corrected chi connectivity index (χ4v) is 3.11. The number of methoxy groups -OCH3 is 2. The number of amides is 1. The summed E-state index contributed by atoms with van der Waals surface area (Å²) in [6.07, 6.45) is -0.610. The Bertz CT molecular complexity index is 1060. The molecule has 2 aromatic rings. The number of carbonyl (C=O) groups excluding carboxylic acids is 1. The Morgan fingerprint density at radius 1 is 1.14 bits per heavy atom. The lowest BCUT2D eigenvalue weighted by Crippen LogP contribution is -2.48. The number of ether oxygens (including phenoxy) is 4. The molecule has 0 bridgehead atoms. The number of nitrogens with zero attached hydrogens (tertiary/aromatic N) is 2. The van der Waals surface area contributed by atoms with Crippen LogP contribution in [0.3, 0.4) is 0 Å². The van der Waals surface area contributed by atoms with Crippen LogP contribution in [0.4, 0.5) is 26.5 Å². The molecule has 1 amide bonds. The highest BCUT2D eigenvalue weighted by molar-refractivity contribution is 5.69. The summed E-state index contributed by atoms with van der Waals surface area (Å²) < 4.78 is 36.3. The molecule has 0 aliphatic rings. The van der Waals surface area contributed by atoms with Gasteiger partial charge in [0.25, 0.3) is 0 Å². The standard InChI is InChI=1S/C25H34FN5O5/c1-8-35-14-21(15(2)28-24(32)36-25(3,4)5)30-23-20(26)9-16(13-27)22(31-23)29-17-10-18(33-6)12-19(11-17)34-7/h9-12,15,21H,8,14H2,1-7H3,(H,28,32)(H2,29,30,31)/t15-,21+/m0/s1. The Balaban J connectivity index is 2.33. The second kappa shape index (κ2) is 12.8. The molecule has 0 spiro atoms. The molecule has 0 unspecified atom stereocenters. The first-order chi connectivity index (χ1) is 17.0. The van der Waals surface area contributed by atoms with Gasteiger partial charge >= 0.3 is 6.09 Å². The summed E-state index contributed by atoms with van der Waals surface area (Å²) in [6, 6.07) is 7.03. The van der Waals surface area contributed by atoms with E-state index in [-0.39, 0.29) is 23.8 Å². The van der Waals surface area contributed by atoms with Crippen molar-refractivity contribution in [1.82, 2.24) is 10.3 Å². The van der Waals surface area contributed by atoms with E-state index in [1.165, 1.54) is 14.2 Å². The second-order valence-electron chi connectivity index (χ2n) is 8.90. The van der Waals surface area contributed by atoms with E-state index >= 15 is 0 Å². The summed E-state index contributed by atoms with van der Waals surface area (Å²) in [5, 5.41) is 18.3. The van der Waals surface area contributed by atoms with Crippen molar-refractivity contribution in [3.63, 3.8) is 0 Å². The van der Waals surface area contributed by atoms with E-state index in [9.17, 15) is 14.4 Å². The van der Waals surface area contributed by atoms with Gasteiger partial charge in [0.05, 0.1) is 38.5 Å². The van der Waals surface area contributed by atoms with Gasteiger partial charge in [-0.05, 0) is 40.7 Å². The zero-order chi connectivity index (χ0) is 26.9. The fraction of sp³-hybridized carbons (Fsp3) is 0.480. The quantitative estimate of drug-likeness (QED) is 0.404. The fourth-order valence-electron chi connectivity index (χ4n) is 3.11. The Hall–Kier alpha value is -3.78. The third-order valence-corrected chi connectivity index (χ3v) is 4.88. The molecule has 1 heterocycles. The average Bonchev–Trinajstić information content (AvgIpc) is 2.81. The number of hydrogen-bond donors (Lipinski definition) is 3. The number of pyridine rings is 1. The highest BCUT2D eigenvalue weighted by atomic mass is 19.1. The Morgan fingerprint density at radius 2 is 1.78 bits per heavy atom. The Morgan fingerprint density at radius 3 is 2.31 bits per heavy atom. The van der Waals surface area contributed by atoms with E-state index in [0.29, 0.717) is 23.8 Å². The molecular weight excluding hydrogens is 469 g/mol. The summed E-state index contributed by atoms with van der Waals surface area (Å²) >= 11 is 0. The molecule has 36 heavy (non-hydrogen) atoms. The van der Waals surface area contributed by atoms with Crippen molar-refractivity contribution >= 4 is 23.4 Å². The zero-order valence-corrected chi connectivity index (χ0v) is 21.7. The number of rotatable bonds is 11. The molecule has 0 aliphatic carbocycles. The number of hydrogen-bond acceptors (Lipinski definition) is 9. The van der Waals surface area contributed by atoms with Gasteiger partial charge in [0.2, 0.25) is 0 Å². The number of carbonyl (C=O) groups is 1. The third kappa shape index (κ3) is 8.46. The third-order valence-electron chi connectivity index (χ3n) is 4.88. The molecule has 1 aromatic heterocycles. The molecule has 0 fully saturated rings. The van der Waals surface area contributed by atoms with Crippen LogP contribution in [0.2, 0.25) is 0 Å². The molecule has 196 valence electrons. The lowest BCUT2D eigenvalue weighted by atomic mass is 10.1. The zero-order valence-electron chi connectivity index (χ0n) is 21.7. The van der Waals surface area contributed by atoms with Crippen LogP contribution < -0.4 is 25.4 Å². The lowest BCUT2D eigenvalue weighted by molar-refractivity contribution is 0.0488. The average molecular weight is 504 g/mol. The number of halogens is 1. The molecule has 2 rings (SSSR count). The highest BCUT2D eigenvalue weighted by Gasteiger charge is 2.25. The van der Waals surface area contributed by atoms with Crippen LogP contribution in [0.15, 0.2) is 24.3 Å². The molecule has 0 radical (unpaired) electrons. The van der Waals surface area contributed by atoms with Crippen molar-refractivity contribution in [3.05, 3.63) is 35.6 Å². The van der Waals surface area contributed by atoms with Crippen LogP contribution >= 0.6 is 0 Å². The summed E-state index contributed by atoms with van der Waals surface area (Å²) in [4.78, 5) is 16.6. The topological polar surface area (TPSA) is 127 Å². The number of nitrogens with one attached hydrogen (secondary N) is 3. The number of alkyl carbamates (subject to hydrolysis) is 1. The molecule has 3 N–H and O–H groups in total. The molecule has 2 atom stereocenters. The lowest BCUT2D eigenvalue weighted by Gasteiger charge is -2.28. The van der Waals surface area contributed by atoms with Gasteiger partial charge in [-0.3, -0.25) is 0 Å². The monoisotopic (exact) mass is 503 g/mol. The van der Waals surface area contributed by atoms with E-state index in [4.69, 9.17) is 18.9 Å². The van der Waals surface area contributed by atoms with E-state index in [1.54, 1.807) is 45.9 Å². The van der Waals surface area contributed by atoms with Gasteiger partial charge in [0.1, 0.15) is 23.2 Å². The molecule has 0 saturated heterocycles. The van der Waals surface area contributed by atoms with E-state index in [2.05, 4.69) is 20.9 Å². The number of anilines is 3. The number of nitriles is 1. The van der Waals surface area contributed by atoms with Crippen LogP contribution in [-0.4, -0.2) is 56.2 Å². The molecule has 11 heteroatoms.